The number of ether oxygens (including phenoxy) is 1. The summed E-state index contributed by atoms with van der Waals surface area (Å²) in [4.78, 5) is 23.6. The van der Waals surface area contributed by atoms with Crippen molar-refractivity contribution in [2.24, 2.45) is 5.92 Å². The molecule has 0 radical (unpaired) electrons. The van der Waals surface area contributed by atoms with Crippen molar-refractivity contribution in [1.29, 1.82) is 0 Å². The molecule has 1 amide bonds. The summed E-state index contributed by atoms with van der Waals surface area (Å²) < 4.78 is 31.2. The van der Waals surface area contributed by atoms with E-state index in [2.05, 4.69) is 5.32 Å². The highest BCUT2D eigenvalue weighted by Crippen LogP contribution is 2.21. The summed E-state index contributed by atoms with van der Waals surface area (Å²) in [6.07, 6.45) is 1.43. The maximum Gasteiger partial charge on any atom is 0.326 e. The third-order valence-electron chi connectivity index (χ3n) is 3.51. The zero-order chi connectivity index (χ0) is 16.8. The molecular formula is C15H17F2NO4S. The summed E-state index contributed by atoms with van der Waals surface area (Å²) in [6, 6.07) is 2.33. The minimum atomic E-state index is -1.10. The van der Waals surface area contributed by atoms with Crippen molar-refractivity contribution in [3.05, 3.63) is 29.8 Å². The van der Waals surface area contributed by atoms with E-state index in [0.29, 0.717) is 24.5 Å². The maximum absolute atomic E-state index is 13.1. The molecule has 0 spiro atoms. The Hall–Kier alpha value is -1.67. The van der Waals surface area contributed by atoms with Crippen LogP contribution in [0.2, 0.25) is 0 Å². The lowest BCUT2D eigenvalue weighted by atomic mass is 9.94. The number of rotatable bonds is 6. The molecule has 0 bridgehead atoms. The first-order chi connectivity index (χ1) is 11.0. The van der Waals surface area contributed by atoms with Gasteiger partial charge in [0.2, 0.25) is 5.91 Å². The Morgan fingerprint density at radius 3 is 2.78 bits per heavy atom. The molecule has 126 valence electrons. The Bertz CT molecular complexity index is 579. The SMILES string of the molecule is O=C(CSc1ccc(F)c(F)c1)NC(C(=O)O)C1CCCOC1. The Morgan fingerprint density at radius 2 is 2.17 bits per heavy atom. The van der Waals surface area contributed by atoms with Gasteiger partial charge in [0.25, 0.3) is 0 Å². The standard InChI is InChI=1S/C15H17F2NO4S/c16-11-4-3-10(6-12(11)17)23-8-13(19)18-14(15(20)21)9-2-1-5-22-7-9/h3-4,6,9,14H,1-2,5,7-8H2,(H,18,19)(H,20,21). The second-order valence-corrected chi connectivity index (χ2v) is 6.27. The van der Waals surface area contributed by atoms with Crippen LogP contribution >= 0.6 is 11.8 Å². The molecule has 1 fully saturated rings. The van der Waals surface area contributed by atoms with Crippen LogP contribution in [0.5, 0.6) is 0 Å². The van der Waals surface area contributed by atoms with Crippen molar-refractivity contribution in [1.82, 2.24) is 5.32 Å². The van der Waals surface area contributed by atoms with Gasteiger partial charge in [0.05, 0.1) is 12.4 Å². The van der Waals surface area contributed by atoms with Crippen molar-refractivity contribution in [2.45, 2.75) is 23.8 Å². The van der Waals surface area contributed by atoms with Gasteiger partial charge in [-0.05, 0) is 31.0 Å². The van der Waals surface area contributed by atoms with Gasteiger partial charge in [-0.15, -0.1) is 11.8 Å². The number of benzene rings is 1. The highest BCUT2D eigenvalue weighted by Gasteiger charge is 2.31. The molecule has 1 saturated heterocycles. The molecule has 1 aliphatic rings. The Labute approximate surface area is 136 Å². The summed E-state index contributed by atoms with van der Waals surface area (Å²) in [5.41, 5.74) is 0. The first-order valence-electron chi connectivity index (χ1n) is 7.15. The third kappa shape index (κ3) is 5.18. The van der Waals surface area contributed by atoms with Crippen LogP contribution in [0.1, 0.15) is 12.8 Å². The van der Waals surface area contributed by atoms with Crippen LogP contribution in [0.4, 0.5) is 8.78 Å². The summed E-state index contributed by atoms with van der Waals surface area (Å²) in [5.74, 6) is -3.87. The molecule has 2 atom stereocenters. The number of carbonyl (C=O) groups excluding carboxylic acids is 1. The van der Waals surface area contributed by atoms with Gasteiger partial charge in [-0.2, -0.15) is 0 Å². The van der Waals surface area contributed by atoms with Gasteiger partial charge in [0, 0.05) is 17.4 Å². The number of hydrogen-bond acceptors (Lipinski definition) is 4. The smallest absolute Gasteiger partial charge is 0.326 e. The number of carboxylic acid groups (broad SMARTS) is 1. The molecule has 2 unspecified atom stereocenters. The van der Waals surface area contributed by atoms with Gasteiger partial charge in [0.15, 0.2) is 11.6 Å². The van der Waals surface area contributed by atoms with Gasteiger partial charge in [-0.1, -0.05) is 0 Å². The molecule has 1 aromatic rings. The second-order valence-electron chi connectivity index (χ2n) is 5.23. The largest absolute Gasteiger partial charge is 0.480 e. The topological polar surface area (TPSA) is 75.6 Å². The van der Waals surface area contributed by atoms with E-state index in [4.69, 9.17) is 4.74 Å². The molecule has 2 rings (SSSR count). The van der Waals surface area contributed by atoms with Crippen LogP contribution in [0, 0.1) is 17.6 Å². The summed E-state index contributed by atoms with van der Waals surface area (Å²) >= 11 is 1.01. The summed E-state index contributed by atoms with van der Waals surface area (Å²) in [6.45, 7) is 0.899. The summed E-state index contributed by atoms with van der Waals surface area (Å²) in [5, 5.41) is 11.7. The first kappa shape index (κ1) is 17.7. The molecule has 2 N–H and O–H groups in total. The van der Waals surface area contributed by atoms with E-state index in [1.165, 1.54) is 6.07 Å². The molecule has 1 heterocycles. The number of aliphatic carboxylic acids is 1. The zero-order valence-electron chi connectivity index (χ0n) is 12.3. The third-order valence-corrected chi connectivity index (χ3v) is 4.50. The van der Waals surface area contributed by atoms with E-state index in [1.807, 2.05) is 0 Å². The zero-order valence-corrected chi connectivity index (χ0v) is 13.1. The van der Waals surface area contributed by atoms with E-state index >= 15 is 0 Å². The average molecular weight is 345 g/mol. The van der Waals surface area contributed by atoms with Crippen molar-refractivity contribution < 1.29 is 28.2 Å². The van der Waals surface area contributed by atoms with Crippen LogP contribution in [0.3, 0.4) is 0 Å². The average Bonchev–Trinajstić information content (AvgIpc) is 2.54. The molecule has 0 aromatic heterocycles. The van der Waals surface area contributed by atoms with Crippen LogP contribution in [0.15, 0.2) is 23.1 Å². The number of amides is 1. The van der Waals surface area contributed by atoms with Crippen molar-refractivity contribution >= 4 is 23.6 Å². The fourth-order valence-corrected chi connectivity index (χ4v) is 3.07. The lowest BCUT2D eigenvalue weighted by Gasteiger charge is -2.28. The van der Waals surface area contributed by atoms with Gasteiger partial charge in [-0.25, -0.2) is 13.6 Å². The van der Waals surface area contributed by atoms with Crippen LogP contribution in [-0.4, -0.2) is 42.0 Å². The maximum atomic E-state index is 13.1. The second kappa shape index (κ2) is 8.26. The lowest BCUT2D eigenvalue weighted by molar-refractivity contribution is -0.144. The van der Waals surface area contributed by atoms with Crippen molar-refractivity contribution in [3.63, 3.8) is 0 Å². The number of hydrogen-bond donors (Lipinski definition) is 2. The molecule has 5 nitrogen and oxygen atoms in total. The molecular weight excluding hydrogens is 328 g/mol. The van der Waals surface area contributed by atoms with Gasteiger partial charge < -0.3 is 15.2 Å². The molecule has 0 saturated carbocycles. The Morgan fingerprint density at radius 1 is 1.39 bits per heavy atom. The van der Waals surface area contributed by atoms with E-state index in [1.54, 1.807) is 0 Å². The number of halogens is 2. The minimum absolute atomic E-state index is 0.0809. The lowest BCUT2D eigenvalue weighted by Crippen LogP contribution is -2.48. The van der Waals surface area contributed by atoms with E-state index in [-0.39, 0.29) is 11.7 Å². The van der Waals surface area contributed by atoms with E-state index in [0.717, 1.165) is 30.3 Å². The van der Waals surface area contributed by atoms with Crippen LogP contribution in [0.25, 0.3) is 0 Å². The van der Waals surface area contributed by atoms with E-state index in [9.17, 15) is 23.5 Å². The van der Waals surface area contributed by atoms with Gasteiger partial charge >= 0.3 is 5.97 Å². The molecule has 0 aliphatic carbocycles. The fraction of sp³-hybridized carbons (Fsp3) is 0.467. The molecule has 1 aromatic carbocycles. The van der Waals surface area contributed by atoms with Crippen molar-refractivity contribution in [2.75, 3.05) is 19.0 Å². The van der Waals surface area contributed by atoms with Crippen molar-refractivity contribution in [3.8, 4) is 0 Å². The highest BCUT2D eigenvalue weighted by molar-refractivity contribution is 8.00. The van der Waals surface area contributed by atoms with Gasteiger partial charge in [-0.3, -0.25) is 4.79 Å². The highest BCUT2D eigenvalue weighted by atomic mass is 32.2. The molecule has 8 heteroatoms. The van der Waals surface area contributed by atoms with E-state index < -0.39 is 29.6 Å². The summed E-state index contributed by atoms with van der Waals surface area (Å²) in [7, 11) is 0. The Balaban J connectivity index is 1.88. The predicted molar refractivity (Wildman–Crippen MR) is 80.2 cm³/mol. The molecule has 23 heavy (non-hydrogen) atoms. The molecule has 1 aliphatic heterocycles. The van der Waals surface area contributed by atoms with Crippen LogP contribution in [-0.2, 0) is 14.3 Å². The number of nitrogens with one attached hydrogen (secondary N) is 1. The monoisotopic (exact) mass is 345 g/mol. The number of carboxylic acids is 1. The number of thioether (sulfide) groups is 1. The van der Waals surface area contributed by atoms with Gasteiger partial charge in [0.1, 0.15) is 6.04 Å². The predicted octanol–water partition coefficient (Wildman–Crippen LogP) is 2.05. The minimum Gasteiger partial charge on any atom is -0.480 e. The Kier molecular flexibility index (Phi) is 6.35. The quantitative estimate of drug-likeness (QED) is 0.772. The normalized spacial score (nSPS) is 19.1. The fourth-order valence-electron chi connectivity index (χ4n) is 2.34. The first-order valence-corrected chi connectivity index (χ1v) is 8.13. The van der Waals surface area contributed by atoms with Crippen LogP contribution < -0.4 is 5.32 Å². The number of carbonyl (C=O) groups is 2.